The summed E-state index contributed by atoms with van der Waals surface area (Å²) in [6.07, 6.45) is 2.61. The number of nitrogens with two attached hydrogens (primary N) is 1. The van der Waals surface area contributed by atoms with Crippen LogP contribution in [0.3, 0.4) is 0 Å². The Balaban J connectivity index is 2.14. The first-order chi connectivity index (χ1) is 9.38. The smallest absolute Gasteiger partial charge is 0.0451 e. The van der Waals surface area contributed by atoms with Gasteiger partial charge >= 0.3 is 0 Å². The van der Waals surface area contributed by atoms with Crippen LogP contribution < -0.4 is 5.73 Å². The predicted molar refractivity (Wildman–Crippen MR) is 84.7 cm³/mol. The Morgan fingerprint density at radius 2 is 1.75 bits per heavy atom. The van der Waals surface area contributed by atoms with Crippen LogP contribution in [0.15, 0.2) is 42.6 Å². The standard InChI is InChI=1S/C18H24N2/c1-13-6-5-11-20-17(13)12-16(19)14-7-9-15(10-8-14)18(2,3)4/h5-11,16H,12,19H2,1-4H3. The maximum atomic E-state index is 6.32. The second-order valence-corrected chi connectivity index (χ2v) is 6.45. The largest absolute Gasteiger partial charge is 0.324 e. The Labute approximate surface area is 122 Å². The van der Waals surface area contributed by atoms with Gasteiger partial charge in [0.2, 0.25) is 0 Å². The van der Waals surface area contributed by atoms with Crippen molar-refractivity contribution in [3.8, 4) is 0 Å². The van der Waals surface area contributed by atoms with Gasteiger partial charge in [-0.2, -0.15) is 0 Å². The van der Waals surface area contributed by atoms with Crippen molar-refractivity contribution in [1.82, 2.24) is 4.98 Å². The van der Waals surface area contributed by atoms with Gasteiger partial charge < -0.3 is 5.73 Å². The van der Waals surface area contributed by atoms with Crippen molar-refractivity contribution in [1.29, 1.82) is 0 Å². The molecule has 2 N–H and O–H groups in total. The number of rotatable bonds is 3. The van der Waals surface area contributed by atoms with Crippen molar-refractivity contribution in [2.75, 3.05) is 0 Å². The lowest BCUT2D eigenvalue weighted by Gasteiger charge is -2.20. The summed E-state index contributed by atoms with van der Waals surface area (Å²) in [5, 5.41) is 0. The van der Waals surface area contributed by atoms with Crippen molar-refractivity contribution >= 4 is 0 Å². The van der Waals surface area contributed by atoms with E-state index in [-0.39, 0.29) is 11.5 Å². The molecule has 2 aromatic rings. The lowest BCUT2D eigenvalue weighted by atomic mass is 9.86. The summed E-state index contributed by atoms with van der Waals surface area (Å²) in [4.78, 5) is 4.42. The first-order valence-electron chi connectivity index (χ1n) is 7.14. The van der Waals surface area contributed by atoms with E-state index in [0.29, 0.717) is 0 Å². The van der Waals surface area contributed by atoms with Gasteiger partial charge in [-0.3, -0.25) is 4.98 Å². The van der Waals surface area contributed by atoms with E-state index >= 15 is 0 Å². The zero-order valence-corrected chi connectivity index (χ0v) is 12.9. The molecule has 0 bridgehead atoms. The number of aromatic nitrogens is 1. The van der Waals surface area contributed by atoms with E-state index in [0.717, 1.165) is 12.1 Å². The van der Waals surface area contributed by atoms with Crippen LogP contribution in [0.5, 0.6) is 0 Å². The molecule has 0 spiro atoms. The number of nitrogens with zero attached hydrogens (tertiary/aromatic N) is 1. The Hall–Kier alpha value is -1.67. The first-order valence-corrected chi connectivity index (χ1v) is 7.14. The molecule has 0 saturated carbocycles. The van der Waals surface area contributed by atoms with Gasteiger partial charge in [0, 0.05) is 24.4 Å². The topological polar surface area (TPSA) is 38.9 Å². The third-order valence-electron chi connectivity index (χ3n) is 3.74. The second-order valence-electron chi connectivity index (χ2n) is 6.45. The molecule has 0 saturated heterocycles. The molecular weight excluding hydrogens is 244 g/mol. The molecule has 2 nitrogen and oxygen atoms in total. The van der Waals surface area contributed by atoms with Gasteiger partial charge in [-0.1, -0.05) is 51.1 Å². The van der Waals surface area contributed by atoms with Crippen molar-refractivity contribution in [2.45, 2.75) is 45.6 Å². The summed E-state index contributed by atoms with van der Waals surface area (Å²) in [6.45, 7) is 8.75. The summed E-state index contributed by atoms with van der Waals surface area (Å²) in [7, 11) is 0. The van der Waals surface area contributed by atoms with Gasteiger partial charge in [-0.15, -0.1) is 0 Å². The minimum absolute atomic E-state index is 0.00221. The van der Waals surface area contributed by atoms with Crippen LogP contribution in [0.4, 0.5) is 0 Å². The minimum atomic E-state index is -0.00221. The minimum Gasteiger partial charge on any atom is -0.324 e. The fourth-order valence-electron chi connectivity index (χ4n) is 2.29. The highest BCUT2D eigenvalue weighted by Crippen LogP contribution is 2.24. The second kappa shape index (κ2) is 5.76. The molecule has 106 valence electrons. The van der Waals surface area contributed by atoms with Crippen LogP contribution in [-0.2, 0) is 11.8 Å². The molecule has 2 rings (SSSR count). The maximum absolute atomic E-state index is 6.32. The Bertz CT molecular complexity index is 565. The average Bonchev–Trinajstić information content (AvgIpc) is 2.40. The van der Waals surface area contributed by atoms with E-state index in [9.17, 15) is 0 Å². The number of pyridine rings is 1. The molecule has 0 radical (unpaired) electrons. The molecule has 0 amide bonds. The Kier molecular flexibility index (Phi) is 4.24. The summed E-state index contributed by atoms with van der Waals surface area (Å²) in [5.74, 6) is 0. The molecule has 0 fully saturated rings. The van der Waals surface area contributed by atoms with Crippen LogP contribution in [0.2, 0.25) is 0 Å². The SMILES string of the molecule is Cc1cccnc1CC(N)c1ccc(C(C)(C)C)cc1. The fourth-order valence-corrected chi connectivity index (χ4v) is 2.29. The summed E-state index contributed by atoms with van der Waals surface area (Å²) in [5.41, 5.74) is 11.3. The van der Waals surface area contributed by atoms with Crippen LogP contribution in [0.1, 0.15) is 49.2 Å². The van der Waals surface area contributed by atoms with Gasteiger partial charge in [0.05, 0.1) is 0 Å². The summed E-state index contributed by atoms with van der Waals surface area (Å²) < 4.78 is 0. The van der Waals surface area contributed by atoms with Gasteiger partial charge in [0.15, 0.2) is 0 Å². The number of benzene rings is 1. The molecule has 1 aromatic heterocycles. The van der Waals surface area contributed by atoms with Crippen LogP contribution >= 0.6 is 0 Å². The lowest BCUT2D eigenvalue weighted by Crippen LogP contribution is -2.16. The van der Waals surface area contributed by atoms with Gasteiger partial charge in [-0.25, -0.2) is 0 Å². The zero-order valence-electron chi connectivity index (χ0n) is 12.9. The number of aryl methyl sites for hydroxylation is 1. The molecule has 0 aliphatic heterocycles. The molecule has 1 atom stereocenters. The summed E-state index contributed by atoms with van der Waals surface area (Å²) >= 11 is 0. The molecule has 1 heterocycles. The van der Waals surface area contributed by atoms with Crippen molar-refractivity contribution in [3.05, 3.63) is 65.0 Å². The summed E-state index contributed by atoms with van der Waals surface area (Å²) in [6, 6.07) is 12.7. The third-order valence-corrected chi connectivity index (χ3v) is 3.74. The lowest BCUT2D eigenvalue weighted by molar-refractivity contribution is 0.589. The van der Waals surface area contributed by atoms with E-state index < -0.39 is 0 Å². The van der Waals surface area contributed by atoms with E-state index in [1.54, 1.807) is 0 Å². The van der Waals surface area contributed by atoms with E-state index in [2.05, 4.69) is 63.0 Å². The monoisotopic (exact) mass is 268 g/mol. The predicted octanol–water partition coefficient (Wildman–Crippen LogP) is 3.93. The van der Waals surface area contributed by atoms with Gasteiger partial charge in [0.25, 0.3) is 0 Å². The van der Waals surface area contributed by atoms with Gasteiger partial charge in [-0.05, 0) is 35.1 Å². The van der Waals surface area contributed by atoms with E-state index in [1.165, 1.54) is 16.7 Å². The molecule has 2 heteroatoms. The molecular formula is C18H24N2. The van der Waals surface area contributed by atoms with Crippen molar-refractivity contribution in [2.24, 2.45) is 5.73 Å². The highest BCUT2D eigenvalue weighted by Gasteiger charge is 2.15. The van der Waals surface area contributed by atoms with Crippen LogP contribution in [-0.4, -0.2) is 4.98 Å². The van der Waals surface area contributed by atoms with Crippen LogP contribution in [0, 0.1) is 6.92 Å². The fraction of sp³-hybridized carbons (Fsp3) is 0.389. The Morgan fingerprint density at radius 3 is 2.30 bits per heavy atom. The third kappa shape index (κ3) is 3.45. The number of hydrogen-bond donors (Lipinski definition) is 1. The van der Waals surface area contributed by atoms with Crippen LogP contribution in [0.25, 0.3) is 0 Å². The molecule has 0 aliphatic carbocycles. The van der Waals surface area contributed by atoms with E-state index in [4.69, 9.17) is 5.73 Å². The molecule has 0 aliphatic rings. The number of hydrogen-bond acceptors (Lipinski definition) is 2. The Morgan fingerprint density at radius 1 is 1.10 bits per heavy atom. The highest BCUT2D eigenvalue weighted by molar-refractivity contribution is 5.30. The van der Waals surface area contributed by atoms with Crippen molar-refractivity contribution < 1.29 is 0 Å². The highest BCUT2D eigenvalue weighted by atomic mass is 14.7. The maximum Gasteiger partial charge on any atom is 0.0451 e. The normalized spacial score (nSPS) is 13.2. The van der Waals surface area contributed by atoms with Gasteiger partial charge in [0.1, 0.15) is 0 Å². The average molecular weight is 268 g/mol. The van der Waals surface area contributed by atoms with E-state index in [1.807, 2.05) is 12.3 Å². The molecule has 1 aromatic carbocycles. The molecule has 20 heavy (non-hydrogen) atoms. The molecule has 1 unspecified atom stereocenters. The first kappa shape index (κ1) is 14.7. The van der Waals surface area contributed by atoms with Crippen molar-refractivity contribution in [3.63, 3.8) is 0 Å². The zero-order chi connectivity index (χ0) is 14.8. The quantitative estimate of drug-likeness (QED) is 0.916.